The van der Waals surface area contributed by atoms with Crippen LogP contribution in [0.3, 0.4) is 0 Å². The highest BCUT2D eigenvalue weighted by molar-refractivity contribution is 6.46. The summed E-state index contributed by atoms with van der Waals surface area (Å²) >= 11 is 0. The minimum atomic E-state index is -0.759. The number of carbonyl (C=O) groups excluding carboxylic acids is 3. The number of nitrogens with zero attached hydrogens (tertiary/aromatic N) is 3. The van der Waals surface area contributed by atoms with Crippen LogP contribution in [-0.4, -0.2) is 63.7 Å². The zero-order valence-corrected chi connectivity index (χ0v) is 18.4. The Labute approximate surface area is 187 Å². The fourth-order valence-corrected chi connectivity index (χ4v) is 3.80. The minimum absolute atomic E-state index is 0.0287. The highest BCUT2D eigenvalue weighted by Gasteiger charge is 2.45. The quantitative estimate of drug-likeness (QED) is 0.223. The number of aliphatic hydroxyl groups excluding tert-OH is 1. The van der Waals surface area contributed by atoms with Crippen molar-refractivity contribution in [3.8, 4) is 5.75 Å². The number of likely N-dealkylation sites (N-methyl/N-ethyl adjacent to an activating group) is 1. The maximum Gasteiger partial charge on any atom is 0.308 e. The largest absolute Gasteiger partial charge is 0.507 e. The van der Waals surface area contributed by atoms with Gasteiger partial charge in [-0.25, -0.2) is 0 Å². The highest BCUT2D eigenvalue weighted by atomic mass is 16.5. The van der Waals surface area contributed by atoms with E-state index in [2.05, 4.69) is 9.88 Å². The predicted molar refractivity (Wildman–Crippen MR) is 119 cm³/mol. The molecule has 2 heterocycles. The van der Waals surface area contributed by atoms with Crippen molar-refractivity contribution in [2.45, 2.75) is 26.8 Å². The normalized spacial score (nSPS) is 17.8. The summed E-state index contributed by atoms with van der Waals surface area (Å²) in [5.74, 6) is -1.71. The number of aromatic nitrogens is 1. The highest BCUT2D eigenvalue weighted by Crippen LogP contribution is 2.39. The fourth-order valence-electron chi connectivity index (χ4n) is 3.80. The van der Waals surface area contributed by atoms with Crippen molar-refractivity contribution in [2.24, 2.45) is 0 Å². The lowest BCUT2D eigenvalue weighted by atomic mass is 9.95. The number of aliphatic hydroxyl groups is 1. The number of rotatable bonds is 8. The standard InChI is InChI=1S/C24H27N3O5/c1-4-26(5-2)14-15-27-21(17-6-8-19(9-7-17)32-16(3)28)20(23(30)24(27)31)22(29)18-10-12-25-13-11-18/h6-13,21,29H,4-5,14-15H2,1-3H3/b22-20-. The van der Waals surface area contributed by atoms with E-state index in [1.807, 2.05) is 13.8 Å². The lowest BCUT2D eigenvalue weighted by molar-refractivity contribution is -0.140. The van der Waals surface area contributed by atoms with E-state index < -0.39 is 23.7 Å². The molecule has 1 unspecified atom stereocenters. The third-order valence-electron chi connectivity index (χ3n) is 5.50. The Kier molecular flexibility index (Phi) is 7.37. The average molecular weight is 437 g/mol. The minimum Gasteiger partial charge on any atom is -0.507 e. The van der Waals surface area contributed by atoms with Crippen LogP contribution in [0.4, 0.5) is 0 Å². The van der Waals surface area contributed by atoms with Gasteiger partial charge in [0.15, 0.2) is 0 Å². The molecule has 1 fully saturated rings. The SMILES string of the molecule is CCN(CC)CCN1C(=O)C(=O)/C(=C(\O)c2ccncc2)C1c1ccc(OC(C)=O)cc1. The number of carbonyl (C=O) groups is 3. The molecule has 0 radical (unpaired) electrons. The van der Waals surface area contributed by atoms with Crippen molar-refractivity contribution in [3.63, 3.8) is 0 Å². The van der Waals surface area contributed by atoms with Crippen LogP contribution in [0, 0.1) is 0 Å². The first kappa shape index (κ1) is 23.1. The maximum absolute atomic E-state index is 13.0. The van der Waals surface area contributed by atoms with E-state index in [0.29, 0.717) is 30.0 Å². The summed E-state index contributed by atoms with van der Waals surface area (Å²) in [6.07, 6.45) is 3.02. The molecule has 168 valence electrons. The van der Waals surface area contributed by atoms with Crippen molar-refractivity contribution < 1.29 is 24.2 Å². The van der Waals surface area contributed by atoms with E-state index in [1.165, 1.54) is 24.2 Å². The summed E-state index contributed by atoms with van der Waals surface area (Å²) in [6, 6.07) is 9.00. The molecule has 8 nitrogen and oxygen atoms in total. The lowest BCUT2D eigenvalue weighted by Gasteiger charge is -2.28. The Morgan fingerprint density at radius 3 is 2.28 bits per heavy atom. The molecule has 8 heteroatoms. The van der Waals surface area contributed by atoms with Crippen LogP contribution in [0.25, 0.3) is 5.76 Å². The Morgan fingerprint density at radius 1 is 1.09 bits per heavy atom. The number of amides is 1. The van der Waals surface area contributed by atoms with Gasteiger partial charge >= 0.3 is 5.97 Å². The van der Waals surface area contributed by atoms with Crippen LogP contribution in [-0.2, 0) is 14.4 Å². The van der Waals surface area contributed by atoms with Crippen molar-refractivity contribution in [1.82, 2.24) is 14.8 Å². The Morgan fingerprint density at radius 2 is 1.72 bits per heavy atom. The summed E-state index contributed by atoms with van der Waals surface area (Å²) in [4.78, 5) is 44.8. The van der Waals surface area contributed by atoms with E-state index in [4.69, 9.17) is 4.74 Å². The molecule has 0 saturated carbocycles. The molecule has 0 bridgehead atoms. The van der Waals surface area contributed by atoms with Crippen molar-refractivity contribution in [2.75, 3.05) is 26.2 Å². The summed E-state index contributed by atoms with van der Waals surface area (Å²) in [5, 5.41) is 11.0. The monoisotopic (exact) mass is 437 g/mol. The van der Waals surface area contributed by atoms with Gasteiger partial charge in [0.25, 0.3) is 11.7 Å². The second kappa shape index (κ2) is 10.2. The summed E-state index contributed by atoms with van der Waals surface area (Å²) in [5.41, 5.74) is 1.07. The van der Waals surface area contributed by atoms with Crippen LogP contribution in [0.5, 0.6) is 5.75 Å². The Hall–Kier alpha value is -3.52. The number of benzene rings is 1. The van der Waals surface area contributed by atoms with Crippen molar-refractivity contribution in [3.05, 3.63) is 65.5 Å². The first-order chi connectivity index (χ1) is 15.4. The second-order valence-corrected chi connectivity index (χ2v) is 7.42. The van der Waals surface area contributed by atoms with E-state index >= 15 is 0 Å². The lowest BCUT2D eigenvalue weighted by Crippen LogP contribution is -2.38. The number of hydrogen-bond acceptors (Lipinski definition) is 7. The van der Waals surface area contributed by atoms with Crippen LogP contribution >= 0.6 is 0 Å². The zero-order chi connectivity index (χ0) is 23.3. The van der Waals surface area contributed by atoms with E-state index in [1.54, 1.807) is 36.4 Å². The molecule has 0 aliphatic carbocycles. The average Bonchev–Trinajstić information content (AvgIpc) is 3.05. The predicted octanol–water partition coefficient (Wildman–Crippen LogP) is 2.77. The van der Waals surface area contributed by atoms with Gasteiger partial charge < -0.3 is 19.6 Å². The summed E-state index contributed by atoms with van der Waals surface area (Å²) < 4.78 is 5.09. The van der Waals surface area contributed by atoms with Gasteiger partial charge in [-0.2, -0.15) is 0 Å². The Balaban J connectivity index is 2.06. The van der Waals surface area contributed by atoms with E-state index in [-0.39, 0.29) is 11.3 Å². The number of likely N-dealkylation sites (tertiary alicyclic amines) is 1. The van der Waals surface area contributed by atoms with Crippen LogP contribution in [0.2, 0.25) is 0 Å². The number of ketones is 1. The van der Waals surface area contributed by atoms with Crippen molar-refractivity contribution >= 4 is 23.4 Å². The number of esters is 1. The van der Waals surface area contributed by atoms with Crippen LogP contribution in [0.1, 0.15) is 37.9 Å². The van der Waals surface area contributed by atoms with Crippen LogP contribution in [0.15, 0.2) is 54.4 Å². The summed E-state index contributed by atoms with van der Waals surface area (Å²) in [6.45, 7) is 7.94. The van der Waals surface area contributed by atoms with Gasteiger partial charge in [-0.15, -0.1) is 0 Å². The molecule has 1 aliphatic rings. The molecule has 1 aromatic carbocycles. The molecule has 32 heavy (non-hydrogen) atoms. The fraction of sp³-hybridized carbons (Fsp3) is 0.333. The number of pyridine rings is 1. The first-order valence-corrected chi connectivity index (χ1v) is 10.6. The number of hydrogen-bond donors (Lipinski definition) is 1. The first-order valence-electron chi connectivity index (χ1n) is 10.6. The van der Waals surface area contributed by atoms with Gasteiger partial charge in [0, 0.05) is 38.0 Å². The topological polar surface area (TPSA) is 100 Å². The van der Waals surface area contributed by atoms with Crippen molar-refractivity contribution in [1.29, 1.82) is 0 Å². The molecule has 1 N–H and O–H groups in total. The number of Topliss-reactive ketones (excluding diaryl/α,β-unsaturated/α-hetero) is 1. The third kappa shape index (κ3) is 4.86. The second-order valence-electron chi connectivity index (χ2n) is 7.42. The smallest absolute Gasteiger partial charge is 0.308 e. The van der Waals surface area contributed by atoms with Gasteiger partial charge in [-0.3, -0.25) is 19.4 Å². The molecular weight excluding hydrogens is 410 g/mol. The van der Waals surface area contributed by atoms with Gasteiger partial charge in [-0.1, -0.05) is 26.0 Å². The van der Waals surface area contributed by atoms with Gasteiger partial charge in [0.05, 0.1) is 11.6 Å². The maximum atomic E-state index is 13.0. The molecule has 1 atom stereocenters. The number of ether oxygens (including phenoxy) is 1. The molecule has 3 rings (SSSR count). The van der Waals surface area contributed by atoms with Gasteiger partial charge in [0.1, 0.15) is 11.5 Å². The van der Waals surface area contributed by atoms with Crippen LogP contribution < -0.4 is 4.74 Å². The van der Waals surface area contributed by atoms with E-state index in [0.717, 1.165) is 13.1 Å². The zero-order valence-electron chi connectivity index (χ0n) is 18.4. The Bertz CT molecular complexity index is 1010. The third-order valence-corrected chi connectivity index (χ3v) is 5.50. The van der Waals surface area contributed by atoms with Gasteiger partial charge in [-0.05, 0) is 42.9 Å². The molecule has 0 spiro atoms. The van der Waals surface area contributed by atoms with E-state index in [9.17, 15) is 19.5 Å². The molecule has 1 aliphatic heterocycles. The molecule has 1 saturated heterocycles. The molecule has 1 aromatic heterocycles. The molecular formula is C24H27N3O5. The summed E-state index contributed by atoms with van der Waals surface area (Å²) in [7, 11) is 0. The van der Waals surface area contributed by atoms with Gasteiger partial charge in [0.2, 0.25) is 0 Å². The molecule has 2 aromatic rings. The molecule has 1 amide bonds.